The molecule has 0 fully saturated rings. The molecular formula is C18H14Cl3N3O2. The Kier molecular flexibility index (Phi) is 5.41. The van der Waals surface area contributed by atoms with Crippen LogP contribution in [-0.2, 0) is 4.79 Å². The van der Waals surface area contributed by atoms with Gasteiger partial charge in [0.2, 0.25) is 0 Å². The van der Waals surface area contributed by atoms with E-state index in [2.05, 4.69) is 16.0 Å². The number of carbonyl (C=O) groups is 2. The number of halogens is 3. The fourth-order valence-electron chi connectivity index (χ4n) is 2.73. The molecule has 0 unspecified atom stereocenters. The summed E-state index contributed by atoms with van der Waals surface area (Å²) < 4.78 is 0. The van der Waals surface area contributed by atoms with Crippen LogP contribution in [0.4, 0.5) is 10.5 Å². The molecule has 3 rings (SSSR count). The van der Waals surface area contributed by atoms with Crippen molar-refractivity contribution in [2.24, 2.45) is 0 Å². The number of nitrogens with one attached hydrogen (secondary N) is 3. The van der Waals surface area contributed by atoms with Crippen molar-refractivity contribution in [3.63, 3.8) is 0 Å². The van der Waals surface area contributed by atoms with E-state index < -0.39 is 18.0 Å². The summed E-state index contributed by atoms with van der Waals surface area (Å²) in [6.45, 7) is 1.65. The van der Waals surface area contributed by atoms with Gasteiger partial charge in [-0.3, -0.25) is 4.79 Å². The van der Waals surface area contributed by atoms with Gasteiger partial charge in [-0.25, -0.2) is 4.79 Å². The summed E-state index contributed by atoms with van der Waals surface area (Å²) in [5, 5.41) is 9.38. The van der Waals surface area contributed by atoms with Crippen LogP contribution in [0.5, 0.6) is 0 Å². The Morgan fingerprint density at radius 2 is 1.65 bits per heavy atom. The van der Waals surface area contributed by atoms with Crippen molar-refractivity contribution in [2.75, 3.05) is 5.32 Å². The minimum Gasteiger partial charge on any atom is -0.327 e. The molecule has 0 radical (unpaired) electrons. The van der Waals surface area contributed by atoms with Gasteiger partial charge in [0, 0.05) is 32.0 Å². The Morgan fingerprint density at radius 1 is 1.04 bits per heavy atom. The molecule has 0 aromatic heterocycles. The summed E-state index contributed by atoms with van der Waals surface area (Å²) in [6, 6.07) is 10.5. The normalized spacial score (nSPS) is 16.8. The van der Waals surface area contributed by atoms with Crippen LogP contribution in [0, 0.1) is 0 Å². The standard InChI is InChI=1S/C18H14Cl3N3O2/c1-9-14(17(25)23-11-7-5-10(19)6-8-11)16(24-18(26)22-9)15-12(20)3-2-4-13(15)21/h2-8,16H,1H3,(H,23,25)(H2,22,24,26)/t16-/m1/s1. The van der Waals surface area contributed by atoms with E-state index in [1.165, 1.54) is 0 Å². The summed E-state index contributed by atoms with van der Waals surface area (Å²) >= 11 is 18.4. The molecule has 8 heteroatoms. The van der Waals surface area contributed by atoms with Gasteiger partial charge in [0.15, 0.2) is 0 Å². The summed E-state index contributed by atoms with van der Waals surface area (Å²) in [5.74, 6) is -0.390. The predicted molar refractivity (Wildman–Crippen MR) is 104 cm³/mol. The summed E-state index contributed by atoms with van der Waals surface area (Å²) in [4.78, 5) is 24.9. The minimum atomic E-state index is -0.780. The lowest BCUT2D eigenvalue weighted by molar-refractivity contribution is -0.113. The summed E-state index contributed by atoms with van der Waals surface area (Å²) in [7, 11) is 0. The van der Waals surface area contributed by atoms with Gasteiger partial charge in [0.1, 0.15) is 0 Å². The average Bonchev–Trinajstić information content (AvgIpc) is 2.56. The Morgan fingerprint density at radius 3 is 2.27 bits per heavy atom. The van der Waals surface area contributed by atoms with Crippen molar-refractivity contribution in [3.05, 3.63) is 74.4 Å². The quantitative estimate of drug-likeness (QED) is 0.672. The number of rotatable bonds is 3. The van der Waals surface area contributed by atoms with Crippen LogP contribution >= 0.6 is 34.8 Å². The molecular weight excluding hydrogens is 397 g/mol. The van der Waals surface area contributed by atoms with Crippen LogP contribution < -0.4 is 16.0 Å². The van der Waals surface area contributed by atoms with Gasteiger partial charge in [-0.2, -0.15) is 0 Å². The Balaban J connectivity index is 2.00. The monoisotopic (exact) mass is 409 g/mol. The predicted octanol–water partition coefficient (Wildman–Crippen LogP) is 4.91. The van der Waals surface area contributed by atoms with Crippen LogP contribution in [0.25, 0.3) is 0 Å². The molecule has 0 bridgehead atoms. The number of anilines is 1. The minimum absolute atomic E-state index is 0.314. The molecule has 0 saturated carbocycles. The van der Waals surface area contributed by atoms with Crippen LogP contribution in [0.1, 0.15) is 18.5 Å². The van der Waals surface area contributed by atoms with E-state index in [4.69, 9.17) is 34.8 Å². The van der Waals surface area contributed by atoms with E-state index >= 15 is 0 Å². The molecule has 1 aliphatic heterocycles. The van der Waals surface area contributed by atoms with E-state index in [0.717, 1.165) is 0 Å². The highest BCUT2D eigenvalue weighted by atomic mass is 35.5. The first-order chi connectivity index (χ1) is 12.4. The molecule has 1 heterocycles. The first kappa shape index (κ1) is 18.6. The highest BCUT2D eigenvalue weighted by molar-refractivity contribution is 6.36. The smallest absolute Gasteiger partial charge is 0.319 e. The third-order valence-corrected chi connectivity index (χ3v) is 4.82. The lowest BCUT2D eigenvalue weighted by atomic mass is 9.94. The molecule has 2 aromatic rings. The number of hydrogen-bond donors (Lipinski definition) is 3. The van der Waals surface area contributed by atoms with Gasteiger partial charge in [-0.15, -0.1) is 0 Å². The van der Waals surface area contributed by atoms with Crippen LogP contribution in [-0.4, -0.2) is 11.9 Å². The lowest BCUT2D eigenvalue weighted by Crippen LogP contribution is -2.46. The molecule has 3 amide bonds. The number of amides is 3. The zero-order valence-corrected chi connectivity index (χ0v) is 15.8. The second-order valence-electron chi connectivity index (χ2n) is 5.67. The van der Waals surface area contributed by atoms with E-state index in [0.29, 0.717) is 37.6 Å². The van der Waals surface area contributed by atoms with Gasteiger partial charge in [-0.05, 0) is 43.3 Å². The summed E-state index contributed by atoms with van der Waals surface area (Å²) in [5.41, 5.74) is 1.77. The van der Waals surface area contributed by atoms with Crippen LogP contribution in [0.3, 0.4) is 0 Å². The van der Waals surface area contributed by atoms with Crippen molar-refractivity contribution in [2.45, 2.75) is 13.0 Å². The number of benzene rings is 2. The van der Waals surface area contributed by atoms with Crippen LogP contribution in [0.2, 0.25) is 15.1 Å². The third-order valence-electron chi connectivity index (χ3n) is 3.90. The maximum Gasteiger partial charge on any atom is 0.319 e. The second-order valence-corrected chi connectivity index (χ2v) is 6.92. The fourth-order valence-corrected chi connectivity index (χ4v) is 3.47. The number of urea groups is 1. The molecule has 2 aromatic carbocycles. The van der Waals surface area contributed by atoms with Gasteiger partial charge < -0.3 is 16.0 Å². The molecule has 5 nitrogen and oxygen atoms in total. The molecule has 134 valence electrons. The van der Waals surface area contributed by atoms with Crippen molar-refractivity contribution in [1.82, 2.24) is 10.6 Å². The fraction of sp³-hybridized carbons (Fsp3) is 0.111. The zero-order chi connectivity index (χ0) is 18.8. The molecule has 26 heavy (non-hydrogen) atoms. The highest BCUT2D eigenvalue weighted by Gasteiger charge is 2.33. The maximum atomic E-state index is 12.9. The Labute approximate surface area is 165 Å². The molecule has 3 N–H and O–H groups in total. The number of hydrogen-bond acceptors (Lipinski definition) is 2. The Bertz CT molecular complexity index is 890. The van der Waals surface area contributed by atoms with Crippen molar-refractivity contribution in [1.29, 1.82) is 0 Å². The highest BCUT2D eigenvalue weighted by Crippen LogP contribution is 2.36. The molecule has 0 spiro atoms. The molecule has 0 aliphatic carbocycles. The van der Waals surface area contributed by atoms with Crippen molar-refractivity contribution >= 4 is 52.4 Å². The first-order valence-electron chi connectivity index (χ1n) is 7.66. The summed E-state index contributed by atoms with van der Waals surface area (Å²) in [6.07, 6.45) is 0. The number of allylic oxidation sites excluding steroid dienone is 1. The molecule has 1 atom stereocenters. The first-order valence-corrected chi connectivity index (χ1v) is 8.79. The molecule has 0 saturated heterocycles. The van der Waals surface area contributed by atoms with E-state index in [9.17, 15) is 9.59 Å². The van der Waals surface area contributed by atoms with E-state index in [1.807, 2.05) is 0 Å². The third kappa shape index (κ3) is 3.80. The largest absolute Gasteiger partial charge is 0.327 e. The molecule has 1 aliphatic rings. The topological polar surface area (TPSA) is 70.2 Å². The van der Waals surface area contributed by atoms with Crippen molar-refractivity contribution < 1.29 is 9.59 Å². The average molecular weight is 411 g/mol. The van der Waals surface area contributed by atoms with Gasteiger partial charge in [0.25, 0.3) is 5.91 Å². The van der Waals surface area contributed by atoms with Crippen LogP contribution in [0.15, 0.2) is 53.7 Å². The van der Waals surface area contributed by atoms with Gasteiger partial charge in [0.05, 0.1) is 11.6 Å². The second kappa shape index (κ2) is 7.58. The van der Waals surface area contributed by atoms with E-state index in [-0.39, 0.29) is 0 Å². The SMILES string of the molecule is CC1=C(C(=O)Nc2ccc(Cl)cc2)[C@H](c2c(Cl)cccc2Cl)NC(=O)N1. The van der Waals surface area contributed by atoms with E-state index in [1.54, 1.807) is 49.4 Å². The van der Waals surface area contributed by atoms with Gasteiger partial charge in [-0.1, -0.05) is 40.9 Å². The zero-order valence-electron chi connectivity index (χ0n) is 13.6. The Hall–Kier alpha value is -2.21. The lowest BCUT2D eigenvalue weighted by Gasteiger charge is -2.29. The maximum absolute atomic E-state index is 12.9. The van der Waals surface area contributed by atoms with Crippen molar-refractivity contribution in [3.8, 4) is 0 Å². The van der Waals surface area contributed by atoms with Gasteiger partial charge >= 0.3 is 6.03 Å². The number of carbonyl (C=O) groups excluding carboxylic acids is 2.